The second-order valence-corrected chi connectivity index (χ2v) is 4.35. The van der Waals surface area contributed by atoms with E-state index in [0.717, 1.165) is 9.28 Å². The van der Waals surface area contributed by atoms with Crippen LogP contribution in [0.3, 0.4) is 0 Å². The van der Waals surface area contributed by atoms with Crippen molar-refractivity contribution >= 4 is 40.2 Å². The fourth-order valence-corrected chi connectivity index (χ4v) is 2.03. The fraction of sp³-hybridized carbons (Fsp3) is 0.125. The number of aromatic nitrogens is 6. The van der Waals surface area contributed by atoms with E-state index in [1.54, 1.807) is 5.01 Å². The Kier molecular flexibility index (Phi) is 2.34. The molecule has 0 radical (unpaired) electrons. The average molecular weight is 340 g/mol. The monoisotopic (exact) mass is 340 g/mol. The highest BCUT2D eigenvalue weighted by atomic mass is 127. The van der Waals surface area contributed by atoms with Gasteiger partial charge in [0.2, 0.25) is 0 Å². The van der Waals surface area contributed by atoms with E-state index in [2.05, 4.69) is 59.1 Å². The summed E-state index contributed by atoms with van der Waals surface area (Å²) >= 11 is 2.14. The number of nitrogens with zero attached hydrogens (tertiary/aromatic N) is 8. The Bertz CT molecular complexity index is 680. The Hall–Kier alpha value is -1.87. The lowest BCUT2D eigenvalue weighted by Crippen LogP contribution is -2.18. The minimum atomic E-state index is 0.345. The van der Waals surface area contributed by atoms with E-state index in [4.69, 9.17) is 0 Å². The van der Waals surface area contributed by atoms with Gasteiger partial charge in [0, 0.05) is 11.4 Å². The molecule has 0 unspecified atom stereocenters. The molecule has 9 heteroatoms. The maximum Gasteiger partial charge on any atom is 0.290 e. The topological polar surface area (TPSA) is 84.5 Å². The first-order valence-corrected chi connectivity index (χ1v) is 5.70. The van der Waals surface area contributed by atoms with E-state index >= 15 is 0 Å². The van der Waals surface area contributed by atoms with E-state index in [1.807, 2.05) is 13.0 Å². The third-order valence-corrected chi connectivity index (χ3v) is 2.76. The Morgan fingerprint density at radius 3 is 3.00 bits per heavy atom. The van der Waals surface area contributed by atoms with Gasteiger partial charge in [0.05, 0.1) is 0 Å². The molecule has 3 heterocycles. The number of hydrogen-bond donors (Lipinski definition) is 0. The summed E-state index contributed by atoms with van der Waals surface area (Å²) in [5.74, 6) is 3.53. The zero-order valence-electron chi connectivity index (χ0n) is 8.61. The van der Waals surface area contributed by atoms with Crippen molar-refractivity contribution in [1.82, 2.24) is 30.0 Å². The van der Waals surface area contributed by atoms with Crippen LogP contribution in [0, 0.1) is 0 Å². The van der Waals surface area contributed by atoms with Crippen LogP contribution in [-0.2, 0) is 0 Å². The SMILES string of the molecule is CC1=C=NN(c2nnc3nncn3n2)C(I)=C1. The summed E-state index contributed by atoms with van der Waals surface area (Å²) in [6, 6.07) is 0. The Morgan fingerprint density at radius 1 is 1.29 bits per heavy atom. The molecule has 3 rings (SSSR count). The first-order valence-electron chi connectivity index (χ1n) is 4.62. The summed E-state index contributed by atoms with van der Waals surface area (Å²) in [4.78, 5) is 0. The summed E-state index contributed by atoms with van der Waals surface area (Å²) < 4.78 is 2.31. The molecular weight excluding hydrogens is 335 g/mol. The van der Waals surface area contributed by atoms with Crippen LogP contribution in [-0.4, -0.2) is 35.9 Å². The Labute approximate surface area is 109 Å². The molecular formula is C8H5IN8. The van der Waals surface area contributed by atoms with Gasteiger partial charge in [-0.05, 0) is 35.6 Å². The number of fused-ring (bicyclic) bond motifs is 1. The maximum atomic E-state index is 4.19. The molecule has 84 valence electrons. The highest BCUT2D eigenvalue weighted by Gasteiger charge is 2.16. The molecule has 0 aromatic carbocycles. The molecule has 0 N–H and O–H groups in total. The van der Waals surface area contributed by atoms with E-state index in [-0.39, 0.29) is 0 Å². The molecule has 8 nitrogen and oxygen atoms in total. The predicted molar refractivity (Wildman–Crippen MR) is 67.6 cm³/mol. The van der Waals surface area contributed by atoms with Crippen LogP contribution >= 0.6 is 22.6 Å². The number of hydrazone groups is 1. The van der Waals surface area contributed by atoms with Crippen LogP contribution in [0.15, 0.2) is 26.8 Å². The van der Waals surface area contributed by atoms with E-state index < -0.39 is 0 Å². The van der Waals surface area contributed by atoms with Crippen LogP contribution < -0.4 is 5.01 Å². The van der Waals surface area contributed by atoms with Gasteiger partial charge in [0.25, 0.3) is 11.7 Å². The largest absolute Gasteiger partial charge is 0.290 e. The first-order chi connectivity index (χ1) is 8.24. The van der Waals surface area contributed by atoms with Crippen LogP contribution in [0.1, 0.15) is 6.92 Å². The van der Waals surface area contributed by atoms with E-state index in [9.17, 15) is 0 Å². The van der Waals surface area contributed by atoms with Crippen LogP contribution in [0.5, 0.6) is 0 Å². The third-order valence-electron chi connectivity index (χ3n) is 1.99. The van der Waals surface area contributed by atoms with Crippen LogP contribution in [0.25, 0.3) is 5.78 Å². The minimum absolute atomic E-state index is 0.345. The number of halogens is 1. The molecule has 0 atom stereocenters. The van der Waals surface area contributed by atoms with Crippen molar-refractivity contribution in [2.75, 3.05) is 5.01 Å². The molecule has 0 saturated heterocycles. The van der Waals surface area contributed by atoms with E-state index in [1.165, 1.54) is 10.8 Å². The summed E-state index contributed by atoms with van der Waals surface area (Å²) in [5.41, 5.74) is 0.948. The number of anilines is 1. The van der Waals surface area contributed by atoms with Gasteiger partial charge >= 0.3 is 0 Å². The van der Waals surface area contributed by atoms with Gasteiger partial charge < -0.3 is 0 Å². The van der Waals surface area contributed by atoms with Crippen molar-refractivity contribution in [1.29, 1.82) is 0 Å². The van der Waals surface area contributed by atoms with Gasteiger partial charge in [-0.1, -0.05) is 0 Å². The minimum Gasteiger partial charge on any atom is -0.182 e. The molecule has 2 aromatic rings. The number of hydrogen-bond acceptors (Lipinski definition) is 7. The molecule has 0 bridgehead atoms. The normalized spacial score (nSPS) is 15.1. The number of allylic oxidation sites excluding steroid dienone is 2. The van der Waals surface area contributed by atoms with Crippen molar-refractivity contribution in [2.45, 2.75) is 6.92 Å². The molecule has 0 saturated carbocycles. The second-order valence-electron chi connectivity index (χ2n) is 3.25. The average Bonchev–Trinajstić information content (AvgIpc) is 2.75. The summed E-state index contributed by atoms with van der Waals surface area (Å²) in [6.07, 6.45) is 3.38. The number of rotatable bonds is 1. The quantitative estimate of drug-likeness (QED) is 0.557. The summed E-state index contributed by atoms with van der Waals surface area (Å²) in [5, 5.41) is 25.1. The van der Waals surface area contributed by atoms with Gasteiger partial charge in [-0.15, -0.1) is 30.6 Å². The van der Waals surface area contributed by atoms with Crippen molar-refractivity contribution in [3.05, 3.63) is 21.7 Å². The molecule has 0 aliphatic carbocycles. The van der Waals surface area contributed by atoms with Crippen molar-refractivity contribution in [2.24, 2.45) is 5.10 Å². The standard InChI is InChI=1S/C8H5IN8/c1-5-2-6(9)17(11-3-5)8-14-13-7-12-10-4-16(7)15-8/h2,4H,1H3. The highest BCUT2D eigenvalue weighted by molar-refractivity contribution is 14.1. The third kappa shape index (κ3) is 1.78. The van der Waals surface area contributed by atoms with Crippen molar-refractivity contribution < 1.29 is 0 Å². The highest BCUT2D eigenvalue weighted by Crippen LogP contribution is 2.22. The Balaban J connectivity index is 2.10. The van der Waals surface area contributed by atoms with E-state index in [0.29, 0.717) is 11.7 Å². The molecule has 0 fully saturated rings. The van der Waals surface area contributed by atoms with Gasteiger partial charge in [-0.3, -0.25) is 0 Å². The lowest BCUT2D eigenvalue weighted by atomic mass is 10.3. The lowest BCUT2D eigenvalue weighted by molar-refractivity contribution is 0.792. The Morgan fingerprint density at radius 2 is 2.18 bits per heavy atom. The maximum absolute atomic E-state index is 4.19. The molecule has 2 aromatic heterocycles. The molecule has 1 aliphatic heterocycles. The molecule has 17 heavy (non-hydrogen) atoms. The van der Waals surface area contributed by atoms with Gasteiger partial charge in [0.15, 0.2) is 0 Å². The lowest BCUT2D eigenvalue weighted by Gasteiger charge is -2.15. The molecule has 0 amide bonds. The summed E-state index contributed by atoms with van der Waals surface area (Å²) in [6.45, 7) is 1.92. The summed E-state index contributed by atoms with van der Waals surface area (Å²) in [7, 11) is 0. The van der Waals surface area contributed by atoms with Crippen LogP contribution in [0.4, 0.5) is 5.95 Å². The fourth-order valence-electron chi connectivity index (χ4n) is 1.24. The smallest absolute Gasteiger partial charge is 0.182 e. The first kappa shape index (κ1) is 10.3. The zero-order valence-corrected chi connectivity index (χ0v) is 10.8. The zero-order chi connectivity index (χ0) is 11.8. The second kappa shape index (κ2) is 3.86. The van der Waals surface area contributed by atoms with Gasteiger partial charge in [0.1, 0.15) is 10.0 Å². The van der Waals surface area contributed by atoms with Crippen LogP contribution in [0.2, 0.25) is 0 Å². The van der Waals surface area contributed by atoms with Gasteiger partial charge in [-0.2, -0.15) is 9.52 Å². The molecule has 1 aliphatic rings. The molecule has 0 spiro atoms. The van der Waals surface area contributed by atoms with Crippen molar-refractivity contribution in [3.63, 3.8) is 0 Å². The van der Waals surface area contributed by atoms with Crippen molar-refractivity contribution in [3.8, 4) is 0 Å². The predicted octanol–water partition coefficient (Wildman–Crippen LogP) is 0.542. The van der Waals surface area contributed by atoms with Gasteiger partial charge in [-0.25, -0.2) is 0 Å².